The molecule has 0 bridgehead atoms. The summed E-state index contributed by atoms with van der Waals surface area (Å²) >= 11 is 0. The van der Waals surface area contributed by atoms with Crippen LogP contribution in [0, 0.1) is 5.92 Å². The Labute approximate surface area is 108 Å². The van der Waals surface area contributed by atoms with E-state index in [2.05, 4.69) is 26.1 Å². The molecule has 1 unspecified atom stereocenters. The first-order valence-electron chi connectivity index (χ1n) is 7.48. The second-order valence-electron chi connectivity index (χ2n) is 5.78. The summed E-state index contributed by atoms with van der Waals surface area (Å²) in [7, 11) is 2.04. The van der Waals surface area contributed by atoms with E-state index in [-0.39, 0.29) is 5.60 Å². The van der Waals surface area contributed by atoms with E-state index in [9.17, 15) is 0 Å². The molecule has 0 aromatic rings. The molecule has 0 spiro atoms. The third-order valence-electron chi connectivity index (χ3n) is 4.24. The molecule has 0 saturated heterocycles. The fourth-order valence-corrected chi connectivity index (χ4v) is 3.16. The van der Waals surface area contributed by atoms with Crippen LogP contribution in [-0.2, 0) is 4.74 Å². The highest BCUT2D eigenvalue weighted by atomic mass is 16.5. The van der Waals surface area contributed by atoms with Crippen molar-refractivity contribution < 1.29 is 4.74 Å². The van der Waals surface area contributed by atoms with Gasteiger partial charge in [0.2, 0.25) is 0 Å². The first-order chi connectivity index (χ1) is 8.15. The minimum atomic E-state index is 0.120. The van der Waals surface area contributed by atoms with Crippen molar-refractivity contribution in [2.75, 3.05) is 13.6 Å². The average Bonchev–Trinajstić information content (AvgIpc) is 2.30. The van der Waals surface area contributed by atoms with Crippen LogP contribution >= 0.6 is 0 Å². The Hall–Kier alpha value is -0.0800. The molecular formula is C15H31NO. The van der Waals surface area contributed by atoms with Gasteiger partial charge in [-0.05, 0) is 52.0 Å². The highest BCUT2D eigenvalue weighted by molar-refractivity contribution is 4.89. The maximum atomic E-state index is 6.39. The standard InChI is InChI=1S/C15H31NO/c1-5-7-13(3)17-15(12-16-4)10-8-14(6-2)9-11-15/h13-14,16H,5-12H2,1-4H3. The Kier molecular flexibility index (Phi) is 6.50. The molecule has 1 fully saturated rings. The fourth-order valence-electron chi connectivity index (χ4n) is 3.16. The Morgan fingerprint density at radius 2 is 1.94 bits per heavy atom. The first-order valence-corrected chi connectivity index (χ1v) is 7.48. The maximum absolute atomic E-state index is 6.39. The fraction of sp³-hybridized carbons (Fsp3) is 1.00. The molecule has 1 aliphatic rings. The molecule has 2 nitrogen and oxygen atoms in total. The summed E-state index contributed by atoms with van der Waals surface area (Å²) in [6.07, 6.45) is 9.30. The Balaban J connectivity index is 2.51. The Morgan fingerprint density at radius 1 is 1.29 bits per heavy atom. The van der Waals surface area contributed by atoms with Gasteiger partial charge < -0.3 is 10.1 Å². The lowest BCUT2D eigenvalue weighted by atomic mass is 9.77. The Morgan fingerprint density at radius 3 is 2.41 bits per heavy atom. The zero-order valence-electron chi connectivity index (χ0n) is 12.2. The third kappa shape index (κ3) is 4.59. The second-order valence-corrected chi connectivity index (χ2v) is 5.78. The second kappa shape index (κ2) is 7.38. The van der Waals surface area contributed by atoms with Crippen molar-refractivity contribution in [1.29, 1.82) is 0 Å². The van der Waals surface area contributed by atoms with Gasteiger partial charge in [-0.15, -0.1) is 0 Å². The highest BCUT2D eigenvalue weighted by Gasteiger charge is 2.36. The predicted octanol–water partition coefficient (Wildman–Crippen LogP) is 3.75. The quantitative estimate of drug-likeness (QED) is 0.733. The number of ether oxygens (including phenoxy) is 1. The molecule has 0 aliphatic heterocycles. The van der Waals surface area contributed by atoms with Gasteiger partial charge in [-0.25, -0.2) is 0 Å². The molecular weight excluding hydrogens is 210 g/mol. The van der Waals surface area contributed by atoms with Gasteiger partial charge >= 0.3 is 0 Å². The average molecular weight is 241 g/mol. The molecule has 0 aromatic carbocycles. The predicted molar refractivity (Wildman–Crippen MR) is 74.4 cm³/mol. The van der Waals surface area contributed by atoms with E-state index in [0.29, 0.717) is 6.10 Å². The largest absolute Gasteiger partial charge is 0.371 e. The summed E-state index contributed by atoms with van der Waals surface area (Å²) in [5, 5.41) is 3.33. The third-order valence-corrected chi connectivity index (χ3v) is 4.24. The van der Waals surface area contributed by atoms with Crippen molar-refractivity contribution in [2.45, 2.75) is 77.4 Å². The minimum absolute atomic E-state index is 0.120. The highest BCUT2D eigenvalue weighted by Crippen LogP contribution is 2.37. The summed E-state index contributed by atoms with van der Waals surface area (Å²) < 4.78 is 6.39. The van der Waals surface area contributed by atoms with Gasteiger partial charge in [-0.2, -0.15) is 0 Å². The number of nitrogens with one attached hydrogen (secondary N) is 1. The SMILES string of the molecule is CCCC(C)OC1(CNC)CCC(CC)CC1. The lowest BCUT2D eigenvalue weighted by Gasteiger charge is -2.41. The smallest absolute Gasteiger partial charge is 0.0810 e. The molecule has 1 N–H and O–H groups in total. The topological polar surface area (TPSA) is 21.3 Å². The van der Waals surface area contributed by atoms with E-state index >= 15 is 0 Å². The van der Waals surface area contributed by atoms with Crippen LogP contribution in [-0.4, -0.2) is 25.3 Å². The van der Waals surface area contributed by atoms with E-state index < -0.39 is 0 Å². The van der Waals surface area contributed by atoms with Crippen LogP contribution in [0.2, 0.25) is 0 Å². The molecule has 1 atom stereocenters. The van der Waals surface area contributed by atoms with Gasteiger partial charge in [-0.1, -0.05) is 26.7 Å². The van der Waals surface area contributed by atoms with Crippen molar-refractivity contribution in [3.8, 4) is 0 Å². The van der Waals surface area contributed by atoms with Crippen LogP contribution in [0.1, 0.15) is 65.7 Å². The molecule has 1 saturated carbocycles. The van der Waals surface area contributed by atoms with Gasteiger partial charge in [0.05, 0.1) is 11.7 Å². The normalized spacial score (nSPS) is 31.4. The first kappa shape index (κ1) is 15.0. The molecule has 102 valence electrons. The van der Waals surface area contributed by atoms with Crippen LogP contribution in [0.4, 0.5) is 0 Å². The summed E-state index contributed by atoms with van der Waals surface area (Å²) in [6.45, 7) is 7.79. The lowest BCUT2D eigenvalue weighted by Crippen LogP contribution is -2.46. The molecule has 1 aliphatic carbocycles. The van der Waals surface area contributed by atoms with Crippen LogP contribution < -0.4 is 5.32 Å². The van der Waals surface area contributed by atoms with Gasteiger partial charge in [-0.3, -0.25) is 0 Å². The zero-order chi connectivity index (χ0) is 12.7. The van der Waals surface area contributed by atoms with E-state index in [1.165, 1.54) is 44.9 Å². The monoisotopic (exact) mass is 241 g/mol. The van der Waals surface area contributed by atoms with Crippen LogP contribution in [0.15, 0.2) is 0 Å². The van der Waals surface area contributed by atoms with Crippen molar-refractivity contribution in [2.24, 2.45) is 5.92 Å². The van der Waals surface area contributed by atoms with Gasteiger partial charge in [0.1, 0.15) is 0 Å². The summed E-state index contributed by atoms with van der Waals surface area (Å²) in [5.74, 6) is 0.935. The molecule has 17 heavy (non-hydrogen) atoms. The van der Waals surface area contributed by atoms with Gasteiger partial charge in [0.15, 0.2) is 0 Å². The number of hydrogen-bond acceptors (Lipinski definition) is 2. The van der Waals surface area contributed by atoms with Gasteiger partial charge in [0.25, 0.3) is 0 Å². The van der Waals surface area contributed by atoms with E-state index in [1.54, 1.807) is 0 Å². The molecule has 1 rings (SSSR count). The number of rotatable bonds is 7. The molecule has 2 heteroatoms. The summed E-state index contributed by atoms with van der Waals surface area (Å²) in [4.78, 5) is 0. The van der Waals surface area contributed by atoms with Crippen molar-refractivity contribution in [1.82, 2.24) is 5.32 Å². The van der Waals surface area contributed by atoms with Crippen LogP contribution in [0.3, 0.4) is 0 Å². The maximum Gasteiger partial charge on any atom is 0.0810 e. The van der Waals surface area contributed by atoms with Crippen molar-refractivity contribution in [3.63, 3.8) is 0 Å². The molecule has 0 heterocycles. The van der Waals surface area contributed by atoms with E-state index in [1.807, 2.05) is 7.05 Å². The zero-order valence-corrected chi connectivity index (χ0v) is 12.2. The van der Waals surface area contributed by atoms with Crippen LogP contribution in [0.25, 0.3) is 0 Å². The Bertz CT molecular complexity index is 197. The number of hydrogen-bond donors (Lipinski definition) is 1. The molecule has 0 amide bonds. The van der Waals surface area contributed by atoms with E-state index in [0.717, 1.165) is 12.5 Å². The van der Waals surface area contributed by atoms with Crippen LogP contribution in [0.5, 0.6) is 0 Å². The minimum Gasteiger partial charge on any atom is -0.371 e. The lowest BCUT2D eigenvalue weighted by molar-refractivity contribution is -0.113. The summed E-state index contributed by atoms with van der Waals surface area (Å²) in [6, 6.07) is 0. The molecule has 0 aromatic heterocycles. The van der Waals surface area contributed by atoms with Crippen molar-refractivity contribution in [3.05, 3.63) is 0 Å². The molecule has 0 radical (unpaired) electrons. The summed E-state index contributed by atoms with van der Waals surface area (Å²) in [5.41, 5.74) is 0.120. The van der Waals surface area contributed by atoms with Crippen molar-refractivity contribution >= 4 is 0 Å². The number of likely N-dealkylation sites (N-methyl/N-ethyl adjacent to an activating group) is 1. The van der Waals surface area contributed by atoms with E-state index in [4.69, 9.17) is 4.74 Å². The van der Waals surface area contributed by atoms with Gasteiger partial charge in [0, 0.05) is 6.54 Å².